The van der Waals surface area contributed by atoms with Crippen molar-refractivity contribution >= 4 is 39.2 Å². The summed E-state index contributed by atoms with van der Waals surface area (Å²) in [6, 6.07) is 0. The van der Waals surface area contributed by atoms with E-state index < -0.39 is 82.7 Å². The molecule has 0 aromatic heterocycles. The minimum atomic E-state index is -4.87. The van der Waals surface area contributed by atoms with E-state index in [0.717, 1.165) is 0 Å². The first-order valence-corrected chi connectivity index (χ1v) is 10.6. The van der Waals surface area contributed by atoms with Gasteiger partial charge in [0.25, 0.3) is 16.5 Å². The van der Waals surface area contributed by atoms with Crippen LogP contribution in [0.2, 0.25) is 0 Å². The Kier molecular flexibility index (Phi) is 7.77. The maximum absolute atomic E-state index is 13.7. The van der Waals surface area contributed by atoms with Crippen LogP contribution in [-0.4, -0.2) is 81.5 Å². The molecular weight excluding hydrogens is 472 g/mol. The molecule has 0 spiro atoms. The third-order valence-electron chi connectivity index (χ3n) is 2.67. The van der Waals surface area contributed by atoms with Crippen LogP contribution in [0.25, 0.3) is 0 Å². The minimum Gasteiger partial charge on any atom is -0.360 e. The van der Waals surface area contributed by atoms with Crippen molar-refractivity contribution in [2.24, 2.45) is 0 Å². The molecular formula is C7H10BF3O14S3. The molecule has 0 bridgehead atoms. The van der Waals surface area contributed by atoms with Crippen LogP contribution in [0.15, 0.2) is 0 Å². The summed E-state index contributed by atoms with van der Waals surface area (Å²) in [5.74, 6) is -1.18. The highest BCUT2D eigenvalue weighted by Crippen LogP contribution is 2.27. The van der Waals surface area contributed by atoms with Crippen molar-refractivity contribution in [1.29, 1.82) is 0 Å². The van der Waals surface area contributed by atoms with Crippen molar-refractivity contribution in [3.05, 3.63) is 0 Å². The summed E-state index contributed by atoms with van der Waals surface area (Å²) in [6.45, 7) is 0. The summed E-state index contributed by atoms with van der Waals surface area (Å²) in [5.41, 5.74) is 0. The van der Waals surface area contributed by atoms with Gasteiger partial charge in [0, 0.05) is 0 Å². The van der Waals surface area contributed by atoms with Crippen LogP contribution in [0.4, 0.5) is 13.2 Å². The smallest absolute Gasteiger partial charge is 0.360 e. The minimum absolute atomic E-state index is 1.18. The van der Waals surface area contributed by atoms with Crippen molar-refractivity contribution in [2.75, 3.05) is 5.75 Å². The summed E-state index contributed by atoms with van der Waals surface area (Å²) >= 11 is -3.24. The Bertz CT molecular complexity index is 727. The lowest BCUT2D eigenvalue weighted by atomic mass is 10.2. The van der Waals surface area contributed by atoms with Crippen LogP contribution in [0.1, 0.15) is 0 Å². The molecule has 2 aliphatic rings. The molecule has 0 amide bonds. The molecule has 2 fully saturated rings. The third-order valence-corrected chi connectivity index (χ3v) is 5.08. The van der Waals surface area contributed by atoms with E-state index in [2.05, 4.69) is 30.7 Å². The van der Waals surface area contributed by atoms with Gasteiger partial charge in [-0.05, 0) is 0 Å². The van der Waals surface area contributed by atoms with Crippen LogP contribution in [0.3, 0.4) is 0 Å². The van der Waals surface area contributed by atoms with E-state index in [1.54, 1.807) is 0 Å². The topological polar surface area (TPSA) is 190 Å². The second-order valence-corrected chi connectivity index (χ2v) is 8.25. The molecule has 164 valence electrons. The quantitative estimate of drug-likeness (QED) is 0.155. The summed E-state index contributed by atoms with van der Waals surface area (Å²) in [5, 5.41) is 8.80. The Morgan fingerprint density at radius 3 is 2.14 bits per heavy atom. The van der Waals surface area contributed by atoms with Crippen LogP contribution in [0.5, 0.6) is 0 Å². The SMILES string of the molecule is O=S(O)OC(OB(OC1OS(=O)(=O)CC1F)OC1OS(=O)(=O)OC1F)C(O)F. The maximum atomic E-state index is 13.7. The predicted octanol–water partition coefficient (Wildman–Crippen LogP) is -2.27. The fraction of sp³-hybridized carbons (Fsp3) is 1.00. The fourth-order valence-corrected chi connectivity index (χ4v) is 3.80. The van der Waals surface area contributed by atoms with E-state index in [9.17, 15) is 34.2 Å². The average Bonchev–Trinajstić information content (AvgIpc) is 2.90. The standard InChI is InChI=1S/C7H10BF3O14S3/c9-2-1-27(15,16)24-5(2)19-8(20-6(3(10)12)22-26(13)14)21-7-4(11)23-28(17,18)25-7/h2-7,12H,1H2,(H,13,14). The lowest BCUT2D eigenvalue weighted by molar-refractivity contribution is -0.186. The first kappa shape index (κ1) is 23.8. The van der Waals surface area contributed by atoms with E-state index >= 15 is 0 Å². The highest BCUT2D eigenvalue weighted by Gasteiger charge is 2.49. The Labute approximate surface area is 157 Å². The zero-order chi connectivity index (χ0) is 21.3. The predicted molar refractivity (Wildman–Crippen MR) is 75.1 cm³/mol. The summed E-state index contributed by atoms with van der Waals surface area (Å²) < 4.78 is 133. The van der Waals surface area contributed by atoms with E-state index in [1.807, 2.05) is 0 Å². The molecule has 2 N–H and O–H groups in total. The van der Waals surface area contributed by atoms with Gasteiger partial charge in [0.05, 0.1) is 0 Å². The first-order chi connectivity index (χ1) is 12.8. The lowest BCUT2D eigenvalue weighted by Crippen LogP contribution is -2.45. The Hall–Kier alpha value is -0.455. The molecule has 21 heteroatoms. The fourth-order valence-electron chi connectivity index (χ4n) is 1.69. The van der Waals surface area contributed by atoms with Gasteiger partial charge in [-0.3, -0.25) is 4.55 Å². The summed E-state index contributed by atoms with van der Waals surface area (Å²) in [7, 11) is -11.9. The second-order valence-electron chi connectivity index (χ2n) is 4.78. The summed E-state index contributed by atoms with van der Waals surface area (Å²) in [6.07, 6.45) is -15.8. The number of aliphatic hydroxyl groups is 1. The van der Waals surface area contributed by atoms with Crippen molar-refractivity contribution < 1.29 is 74.6 Å². The number of halogens is 3. The number of rotatable bonds is 9. The normalized spacial score (nSPS) is 34.8. The van der Waals surface area contributed by atoms with Gasteiger partial charge in [0.2, 0.25) is 18.9 Å². The molecule has 28 heavy (non-hydrogen) atoms. The molecule has 0 radical (unpaired) electrons. The molecule has 0 saturated carbocycles. The zero-order valence-electron chi connectivity index (χ0n) is 12.9. The Morgan fingerprint density at radius 1 is 1.11 bits per heavy atom. The van der Waals surface area contributed by atoms with Gasteiger partial charge < -0.3 is 19.1 Å². The van der Waals surface area contributed by atoms with Gasteiger partial charge in [-0.15, -0.1) is 0 Å². The van der Waals surface area contributed by atoms with Crippen molar-refractivity contribution in [3.63, 3.8) is 0 Å². The largest absolute Gasteiger partial charge is 0.645 e. The number of alkyl halides is 3. The van der Waals surface area contributed by atoms with Crippen LogP contribution in [-0.2, 0) is 62.6 Å². The van der Waals surface area contributed by atoms with Crippen LogP contribution < -0.4 is 0 Å². The maximum Gasteiger partial charge on any atom is 0.645 e. The first-order valence-electron chi connectivity index (χ1n) is 6.65. The molecule has 2 saturated heterocycles. The monoisotopic (exact) mass is 482 g/mol. The Morgan fingerprint density at radius 2 is 1.71 bits per heavy atom. The highest BCUT2D eigenvalue weighted by atomic mass is 32.3. The van der Waals surface area contributed by atoms with Gasteiger partial charge in [-0.1, -0.05) is 0 Å². The van der Waals surface area contributed by atoms with Gasteiger partial charge in [0.1, 0.15) is 5.75 Å². The number of hydrogen-bond donors (Lipinski definition) is 2. The van der Waals surface area contributed by atoms with Gasteiger partial charge >= 0.3 is 29.1 Å². The van der Waals surface area contributed by atoms with Gasteiger partial charge in [0.15, 0.2) is 12.5 Å². The van der Waals surface area contributed by atoms with E-state index in [1.165, 1.54) is 0 Å². The number of hydrogen-bond acceptors (Lipinski definition) is 13. The molecule has 2 heterocycles. The average molecular weight is 482 g/mol. The highest BCUT2D eigenvalue weighted by molar-refractivity contribution is 7.87. The Balaban J connectivity index is 2.16. The molecule has 0 aromatic carbocycles. The molecule has 7 unspecified atom stereocenters. The van der Waals surface area contributed by atoms with Crippen LogP contribution >= 0.6 is 0 Å². The van der Waals surface area contributed by atoms with E-state index in [0.29, 0.717) is 0 Å². The second kappa shape index (κ2) is 9.14. The molecule has 0 aliphatic carbocycles. The van der Waals surface area contributed by atoms with Gasteiger partial charge in [-0.25, -0.2) is 29.9 Å². The molecule has 0 aromatic rings. The van der Waals surface area contributed by atoms with Gasteiger partial charge in [-0.2, -0.15) is 21.0 Å². The van der Waals surface area contributed by atoms with E-state index in [4.69, 9.17) is 9.66 Å². The van der Waals surface area contributed by atoms with E-state index in [-0.39, 0.29) is 0 Å². The summed E-state index contributed by atoms with van der Waals surface area (Å²) in [4.78, 5) is 0. The third kappa shape index (κ3) is 6.81. The lowest BCUT2D eigenvalue weighted by Gasteiger charge is -2.24. The zero-order valence-corrected chi connectivity index (χ0v) is 15.4. The van der Waals surface area contributed by atoms with Crippen LogP contribution in [0, 0.1) is 0 Å². The number of aliphatic hydroxyl groups excluding tert-OH is 1. The molecule has 7 atom stereocenters. The molecule has 2 rings (SSSR count). The van der Waals surface area contributed by atoms with Crippen molar-refractivity contribution in [1.82, 2.24) is 0 Å². The molecule has 14 nitrogen and oxygen atoms in total. The van der Waals surface area contributed by atoms with Crippen molar-refractivity contribution in [2.45, 2.75) is 37.8 Å². The molecule has 2 aliphatic heterocycles. The van der Waals surface area contributed by atoms with Crippen molar-refractivity contribution in [3.8, 4) is 0 Å².